The highest BCUT2D eigenvalue weighted by Crippen LogP contribution is 2.38. The first-order chi connectivity index (χ1) is 12.3. The van der Waals surface area contributed by atoms with Crippen molar-refractivity contribution in [2.24, 2.45) is 0 Å². The summed E-state index contributed by atoms with van der Waals surface area (Å²) in [6, 6.07) is 17.2. The molecule has 2 rings (SSSR count). The second-order valence-electron chi connectivity index (χ2n) is 6.08. The molecule has 1 nitrogen and oxygen atoms in total. The largest absolute Gasteiger partial charge is 0.350 e. The minimum absolute atomic E-state index is 0.810. The van der Waals surface area contributed by atoms with Crippen LogP contribution in [0.2, 0.25) is 0 Å². The molecule has 132 valence electrons. The second-order valence-corrected chi connectivity index (χ2v) is 7.89. The summed E-state index contributed by atoms with van der Waals surface area (Å²) in [5.74, 6) is 0. The number of unbranched alkanes of at least 4 members (excludes halogenated alkanes) is 2. The van der Waals surface area contributed by atoms with Crippen LogP contribution in [0, 0.1) is 0 Å². The van der Waals surface area contributed by atoms with Crippen molar-refractivity contribution in [3.63, 3.8) is 0 Å². The standard InChI is InChI=1S/C23H29OP/c1-4-7-12-19-24-25(22-17-10-8-15-20(22)13-5-2)23-18-11-9-16-21(23)14-6-3/h5-6,8-11,15-18H,2-4,7,12-14,19H2,1H3. The van der Waals surface area contributed by atoms with Gasteiger partial charge in [0.05, 0.1) is 14.8 Å². The van der Waals surface area contributed by atoms with Gasteiger partial charge in [-0.25, -0.2) is 0 Å². The molecule has 0 N–H and O–H groups in total. The fourth-order valence-corrected chi connectivity index (χ4v) is 5.00. The van der Waals surface area contributed by atoms with Crippen LogP contribution in [0.25, 0.3) is 0 Å². The Labute approximate surface area is 154 Å². The Kier molecular flexibility index (Phi) is 8.66. The van der Waals surface area contributed by atoms with E-state index in [1.165, 1.54) is 34.6 Å². The van der Waals surface area contributed by atoms with Crippen LogP contribution in [0.5, 0.6) is 0 Å². The number of benzene rings is 2. The van der Waals surface area contributed by atoms with E-state index in [9.17, 15) is 0 Å². The third-order valence-electron chi connectivity index (χ3n) is 4.12. The number of hydrogen-bond donors (Lipinski definition) is 0. The first kappa shape index (κ1) is 19.6. The number of rotatable bonds is 11. The molecule has 0 unspecified atom stereocenters. The van der Waals surface area contributed by atoms with Crippen LogP contribution in [-0.2, 0) is 17.4 Å². The maximum absolute atomic E-state index is 6.49. The molecule has 0 amide bonds. The summed E-state index contributed by atoms with van der Waals surface area (Å²) in [5, 5.41) is 2.62. The van der Waals surface area contributed by atoms with Gasteiger partial charge in [0.2, 0.25) is 0 Å². The minimum atomic E-state index is -0.828. The topological polar surface area (TPSA) is 9.23 Å². The monoisotopic (exact) mass is 352 g/mol. The average molecular weight is 352 g/mol. The SMILES string of the molecule is C=CCc1ccccc1P(OCCCCC)c1ccccc1CC=C. The van der Waals surface area contributed by atoms with Gasteiger partial charge < -0.3 is 4.52 Å². The van der Waals surface area contributed by atoms with Crippen LogP contribution < -0.4 is 10.6 Å². The fourth-order valence-electron chi connectivity index (χ4n) is 2.85. The zero-order valence-electron chi connectivity index (χ0n) is 15.3. The highest BCUT2D eigenvalue weighted by atomic mass is 31.1. The summed E-state index contributed by atoms with van der Waals surface area (Å²) in [5.41, 5.74) is 2.63. The lowest BCUT2D eigenvalue weighted by molar-refractivity contribution is 0.346. The van der Waals surface area contributed by atoms with E-state index in [1.807, 2.05) is 12.2 Å². The molecule has 25 heavy (non-hydrogen) atoms. The number of allylic oxidation sites excluding steroid dienone is 2. The van der Waals surface area contributed by atoms with Gasteiger partial charge >= 0.3 is 0 Å². The molecule has 2 aromatic carbocycles. The molecular formula is C23H29OP. The first-order valence-electron chi connectivity index (χ1n) is 9.12. The van der Waals surface area contributed by atoms with Crippen molar-refractivity contribution in [2.75, 3.05) is 6.61 Å². The molecule has 0 atom stereocenters. The lowest BCUT2D eigenvalue weighted by atomic mass is 10.1. The van der Waals surface area contributed by atoms with E-state index in [4.69, 9.17) is 4.52 Å². The van der Waals surface area contributed by atoms with Crippen molar-refractivity contribution in [3.8, 4) is 0 Å². The highest BCUT2D eigenvalue weighted by Gasteiger charge is 2.20. The molecule has 0 saturated heterocycles. The predicted octanol–water partition coefficient (Wildman–Crippen LogP) is 5.70. The van der Waals surface area contributed by atoms with Crippen molar-refractivity contribution in [1.29, 1.82) is 0 Å². The van der Waals surface area contributed by atoms with Gasteiger partial charge in [-0.05, 0) is 30.4 Å². The quantitative estimate of drug-likeness (QED) is 0.286. The van der Waals surface area contributed by atoms with Gasteiger partial charge in [-0.1, -0.05) is 80.4 Å². The molecule has 2 aromatic rings. The summed E-state index contributed by atoms with van der Waals surface area (Å²) in [7, 11) is -0.828. The van der Waals surface area contributed by atoms with Gasteiger partial charge in [0, 0.05) is 10.6 Å². The van der Waals surface area contributed by atoms with E-state index in [0.717, 1.165) is 25.9 Å². The summed E-state index contributed by atoms with van der Waals surface area (Å²) in [6.45, 7) is 10.9. The maximum atomic E-state index is 6.49. The molecule has 0 heterocycles. The van der Waals surface area contributed by atoms with E-state index >= 15 is 0 Å². The lowest BCUT2D eigenvalue weighted by Gasteiger charge is -2.23. The molecule has 0 fully saturated rings. The van der Waals surface area contributed by atoms with Crippen LogP contribution in [0.15, 0.2) is 73.8 Å². The minimum Gasteiger partial charge on any atom is -0.350 e. The molecule has 0 aliphatic carbocycles. The van der Waals surface area contributed by atoms with Crippen molar-refractivity contribution >= 4 is 18.8 Å². The summed E-state index contributed by atoms with van der Waals surface area (Å²) >= 11 is 0. The average Bonchev–Trinajstić information content (AvgIpc) is 2.64. The Morgan fingerprint density at radius 3 is 1.84 bits per heavy atom. The molecule has 2 heteroatoms. The third kappa shape index (κ3) is 5.66. The Balaban J connectivity index is 2.40. The van der Waals surface area contributed by atoms with Crippen LogP contribution in [-0.4, -0.2) is 6.61 Å². The summed E-state index contributed by atoms with van der Waals surface area (Å²) in [6.07, 6.45) is 9.22. The molecule has 0 aliphatic rings. The van der Waals surface area contributed by atoms with Gasteiger partial charge in [-0.15, -0.1) is 13.2 Å². The van der Waals surface area contributed by atoms with E-state index < -0.39 is 8.15 Å². The zero-order valence-corrected chi connectivity index (χ0v) is 16.2. The second kappa shape index (κ2) is 11.0. The van der Waals surface area contributed by atoms with Gasteiger partial charge in [-0.2, -0.15) is 0 Å². The molecule has 0 aliphatic heterocycles. The molecule has 0 saturated carbocycles. The van der Waals surface area contributed by atoms with E-state index in [0.29, 0.717) is 0 Å². The van der Waals surface area contributed by atoms with Crippen LogP contribution in [0.1, 0.15) is 37.3 Å². The van der Waals surface area contributed by atoms with Gasteiger partial charge in [-0.3, -0.25) is 0 Å². The molecular weight excluding hydrogens is 323 g/mol. The Bertz CT molecular complexity index is 624. The molecule has 0 aromatic heterocycles. The zero-order chi connectivity index (χ0) is 17.9. The highest BCUT2D eigenvalue weighted by molar-refractivity contribution is 7.68. The third-order valence-corrected chi connectivity index (χ3v) is 6.31. The fraction of sp³-hybridized carbons (Fsp3) is 0.304. The Morgan fingerprint density at radius 1 is 0.840 bits per heavy atom. The van der Waals surface area contributed by atoms with Gasteiger partial charge in [0.25, 0.3) is 0 Å². The van der Waals surface area contributed by atoms with Crippen LogP contribution >= 0.6 is 8.15 Å². The summed E-state index contributed by atoms with van der Waals surface area (Å²) in [4.78, 5) is 0. The molecule has 0 spiro atoms. The predicted molar refractivity (Wildman–Crippen MR) is 112 cm³/mol. The van der Waals surface area contributed by atoms with Crippen LogP contribution in [0.3, 0.4) is 0 Å². The van der Waals surface area contributed by atoms with Gasteiger partial charge in [0.15, 0.2) is 0 Å². The molecule has 0 radical (unpaired) electrons. The van der Waals surface area contributed by atoms with Crippen molar-refractivity contribution in [1.82, 2.24) is 0 Å². The Morgan fingerprint density at radius 2 is 1.36 bits per heavy atom. The smallest absolute Gasteiger partial charge is 0.0923 e. The van der Waals surface area contributed by atoms with Crippen molar-refractivity contribution in [3.05, 3.63) is 85.0 Å². The maximum Gasteiger partial charge on any atom is 0.0923 e. The van der Waals surface area contributed by atoms with Crippen molar-refractivity contribution in [2.45, 2.75) is 39.0 Å². The Hall–Kier alpha value is -1.69. The van der Waals surface area contributed by atoms with Gasteiger partial charge in [0.1, 0.15) is 0 Å². The van der Waals surface area contributed by atoms with E-state index in [2.05, 4.69) is 68.6 Å². The lowest BCUT2D eigenvalue weighted by Crippen LogP contribution is -2.20. The number of hydrogen-bond acceptors (Lipinski definition) is 1. The molecule has 0 bridgehead atoms. The van der Waals surface area contributed by atoms with Crippen molar-refractivity contribution < 1.29 is 4.52 Å². The van der Waals surface area contributed by atoms with Crippen LogP contribution in [0.4, 0.5) is 0 Å². The first-order valence-corrected chi connectivity index (χ1v) is 10.4. The van der Waals surface area contributed by atoms with E-state index in [1.54, 1.807) is 0 Å². The van der Waals surface area contributed by atoms with E-state index in [-0.39, 0.29) is 0 Å². The summed E-state index contributed by atoms with van der Waals surface area (Å²) < 4.78 is 6.49. The normalized spacial score (nSPS) is 10.8.